The van der Waals surface area contributed by atoms with Gasteiger partial charge in [-0.15, -0.1) is 0 Å². The summed E-state index contributed by atoms with van der Waals surface area (Å²) in [6.07, 6.45) is 3.96. The summed E-state index contributed by atoms with van der Waals surface area (Å²) in [5.41, 5.74) is 1.12. The lowest BCUT2D eigenvalue weighted by atomic mass is 10.2. The molecule has 0 aromatic carbocycles. The molecule has 2 N–H and O–H groups in total. The second-order valence-electron chi connectivity index (χ2n) is 2.63. The van der Waals surface area contributed by atoms with E-state index >= 15 is 0 Å². The van der Waals surface area contributed by atoms with Gasteiger partial charge in [-0.3, -0.25) is 0 Å². The fourth-order valence-electron chi connectivity index (χ4n) is 1.09. The molecule has 3 nitrogen and oxygen atoms in total. The summed E-state index contributed by atoms with van der Waals surface area (Å²) >= 11 is 0. The Kier molecular flexibility index (Phi) is 2.68. The summed E-state index contributed by atoms with van der Waals surface area (Å²) in [6.45, 7) is 0.139. The van der Waals surface area contributed by atoms with Gasteiger partial charge in [0.1, 0.15) is 0 Å². The van der Waals surface area contributed by atoms with Crippen molar-refractivity contribution < 1.29 is 5.11 Å². The number of aromatic nitrogens is 1. The molecule has 0 radical (unpaired) electrons. The van der Waals surface area contributed by atoms with E-state index in [2.05, 4.69) is 5.32 Å². The van der Waals surface area contributed by atoms with Crippen LogP contribution >= 0.6 is 0 Å². The Morgan fingerprint density at radius 2 is 2.45 bits per heavy atom. The number of likely N-dealkylation sites (N-methyl/N-ethyl adjacent to an activating group) is 1. The summed E-state index contributed by atoms with van der Waals surface area (Å²) in [5, 5.41) is 11.9. The number of rotatable bonds is 3. The van der Waals surface area contributed by atoms with E-state index in [0.29, 0.717) is 0 Å². The Balaban J connectivity index is 2.73. The van der Waals surface area contributed by atoms with Gasteiger partial charge in [0.25, 0.3) is 0 Å². The van der Waals surface area contributed by atoms with Gasteiger partial charge in [-0.1, -0.05) is 0 Å². The Labute approximate surface area is 66.7 Å². The minimum absolute atomic E-state index is 0.0659. The third-order valence-corrected chi connectivity index (χ3v) is 1.79. The minimum Gasteiger partial charge on any atom is -0.394 e. The molecular formula is C8H14N2O. The van der Waals surface area contributed by atoms with Crippen LogP contribution in [-0.2, 0) is 7.05 Å². The smallest absolute Gasteiger partial charge is 0.0626 e. The molecule has 1 heterocycles. The molecule has 1 aromatic heterocycles. The van der Waals surface area contributed by atoms with Crippen molar-refractivity contribution in [1.82, 2.24) is 9.88 Å². The standard InChI is InChI=1S/C8H14N2O/c1-9-8(6-11)7-3-4-10(2)5-7/h3-5,8-9,11H,6H2,1-2H3. The van der Waals surface area contributed by atoms with Gasteiger partial charge >= 0.3 is 0 Å². The van der Waals surface area contributed by atoms with Crippen LogP contribution in [0.2, 0.25) is 0 Å². The van der Waals surface area contributed by atoms with Crippen LogP contribution in [-0.4, -0.2) is 23.3 Å². The first-order valence-corrected chi connectivity index (χ1v) is 3.68. The molecular weight excluding hydrogens is 140 g/mol. The maximum Gasteiger partial charge on any atom is 0.0626 e. The lowest BCUT2D eigenvalue weighted by molar-refractivity contribution is 0.251. The topological polar surface area (TPSA) is 37.2 Å². The van der Waals surface area contributed by atoms with E-state index in [4.69, 9.17) is 5.11 Å². The Hall–Kier alpha value is -0.800. The van der Waals surface area contributed by atoms with Crippen LogP contribution in [0, 0.1) is 0 Å². The Morgan fingerprint density at radius 3 is 2.82 bits per heavy atom. The third-order valence-electron chi connectivity index (χ3n) is 1.79. The van der Waals surface area contributed by atoms with E-state index in [-0.39, 0.29) is 12.6 Å². The highest BCUT2D eigenvalue weighted by atomic mass is 16.3. The van der Waals surface area contributed by atoms with Gasteiger partial charge in [0.15, 0.2) is 0 Å². The van der Waals surface area contributed by atoms with Gasteiger partial charge in [-0.2, -0.15) is 0 Å². The number of hydrogen-bond donors (Lipinski definition) is 2. The molecule has 0 bridgehead atoms. The van der Waals surface area contributed by atoms with E-state index < -0.39 is 0 Å². The zero-order valence-electron chi connectivity index (χ0n) is 6.91. The van der Waals surface area contributed by atoms with Gasteiger partial charge in [-0.25, -0.2) is 0 Å². The van der Waals surface area contributed by atoms with Crippen molar-refractivity contribution in [3.8, 4) is 0 Å². The van der Waals surface area contributed by atoms with Gasteiger partial charge < -0.3 is 15.0 Å². The second kappa shape index (κ2) is 3.55. The molecule has 1 rings (SSSR count). The van der Waals surface area contributed by atoms with Crippen molar-refractivity contribution >= 4 is 0 Å². The normalized spacial score (nSPS) is 13.4. The summed E-state index contributed by atoms with van der Waals surface area (Å²) in [6, 6.07) is 2.06. The van der Waals surface area contributed by atoms with E-state index in [1.54, 1.807) is 0 Å². The van der Waals surface area contributed by atoms with E-state index in [0.717, 1.165) is 5.56 Å². The zero-order valence-corrected chi connectivity index (χ0v) is 6.91. The SMILES string of the molecule is CNC(CO)c1ccn(C)c1. The maximum absolute atomic E-state index is 8.92. The van der Waals surface area contributed by atoms with Gasteiger partial charge in [0.2, 0.25) is 0 Å². The first kappa shape index (κ1) is 8.30. The van der Waals surface area contributed by atoms with Crippen LogP contribution in [0.5, 0.6) is 0 Å². The predicted octanol–water partition coefficient (Wildman–Crippen LogP) is 0.278. The van der Waals surface area contributed by atoms with E-state index in [9.17, 15) is 0 Å². The molecule has 1 unspecified atom stereocenters. The molecule has 11 heavy (non-hydrogen) atoms. The lowest BCUT2D eigenvalue weighted by Gasteiger charge is -2.09. The van der Waals surface area contributed by atoms with Crippen LogP contribution in [0.3, 0.4) is 0 Å². The Morgan fingerprint density at radius 1 is 1.73 bits per heavy atom. The number of nitrogens with zero attached hydrogens (tertiary/aromatic N) is 1. The Bertz CT molecular complexity index is 216. The molecule has 0 saturated carbocycles. The highest BCUT2D eigenvalue weighted by Crippen LogP contribution is 2.10. The lowest BCUT2D eigenvalue weighted by Crippen LogP contribution is -2.19. The quantitative estimate of drug-likeness (QED) is 0.656. The highest BCUT2D eigenvalue weighted by Gasteiger charge is 2.06. The van der Waals surface area contributed by atoms with Crippen molar-refractivity contribution in [2.24, 2.45) is 7.05 Å². The number of nitrogens with one attached hydrogen (secondary N) is 1. The molecule has 3 heteroatoms. The summed E-state index contributed by atoms with van der Waals surface area (Å²) in [4.78, 5) is 0. The van der Waals surface area contributed by atoms with Crippen molar-refractivity contribution in [2.75, 3.05) is 13.7 Å². The van der Waals surface area contributed by atoms with Crippen molar-refractivity contribution in [2.45, 2.75) is 6.04 Å². The van der Waals surface area contributed by atoms with Crippen LogP contribution < -0.4 is 5.32 Å². The van der Waals surface area contributed by atoms with Crippen LogP contribution in [0.1, 0.15) is 11.6 Å². The fourth-order valence-corrected chi connectivity index (χ4v) is 1.09. The number of aliphatic hydroxyl groups is 1. The number of aryl methyl sites for hydroxylation is 1. The molecule has 0 spiro atoms. The van der Waals surface area contributed by atoms with Crippen molar-refractivity contribution in [1.29, 1.82) is 0 Å². The van der Waals surface area contributed by atoms with Crippen LogP contribution in [0.25, 0.3) is 0 Å². The first-order valence-electron chi connectivity index (χ1n) is 3.68. The second-order valence-corrected chi connectivity index (χ2v) is 2.63. The average Bonchev–Trinajstić information content (AvgIpc) is 2.39. The number of aliphatic hydroxyl groups excluding tert-OH is 1. The van der Waals surface area contributed by atoms with Crippen LogP contribution in [0.4, 0.5) is 0 Å². The molecule has 1 aromatic rings. The van der Waals surface area contributed by atoms with Crippen LogP contribution in [0.15, 0.2) is 18.5 Å². The van der Waals surface area contributed by atoms with Crippen molar-refractivity contribution in [3.05, 3.63) is 24.0 Å². The molecule has 0 aliphatic heterocycles. The van der Waals surface area contributed by atoms with Gasteiger partial charge in [-0.05, 0) is 18.7 Å². The van der Waals surface area contributed by atoms with E-state index in [1.165, 1.54) is 0 Å². The van der Waals surface area contributed by atoms with Crippen molar-refractivity contribution in [3.63, 3.8) is 0 Å². The summed E-state index contributed by atoms with van der Waals surface area (Å²) in [5.74, 6) is 0. The molecule has 0 saturated heterocycles. The molecule has 0 aliphatic carbocycles. The fraction of sp³-hybridized carbons (Fsp3) is 0.500. The average molecular weight is 154 g/mol. The number of hydrogen-bond acceptors (Lipinski definition) is 2. The highest BCUT2D eigenvalue weighted by molar-refractivity contribution is 5.14. The largest absolute Gasteiger partial charge is 0.394 e. The molecule has 62 valence electrons. The monoisotopic (exact) mass is 154 g/mol. The molecule has 1 atom stereocenters. The zero-order chi connectivity index (χ0) is 8.27. The van der Waals surface area contributed by atoms with Gasteiger partial charge in [0, 0.05) is 19.4 Å². The summed E-state index contributed by atoms with van der Waals surface area (Å²) in [7, 11) is 3.81. The predicted molar refractivity (Wildman–Crippen MR) is 44.3 cm³/mol. The molecule has 0 amide bonds. The molecule has 0 fully saturated rings. The summed E-state index contributed by atoms with van der Waals surface area (Å²) < 4.78 is 1.97. The van der Waals surface area contributed by atoms with Gasteiger partial charge in [0.05, 0.1) is 12.6 Å². The minimum atomic E-state index is 0.0659. The maximum atomic E-state index is 8.92. The van der Waals surface area contributed by atoms with E-state index in [1.807, 2.05) is 37.1 Å². The first-order chi connectivity index (χ1) is 5.27. The third kappa shape index (κ3) is 1.82. The molecule has 0 aliphatic rings.